The quantitative estimate of drug-likeness (QED) is 0.593. The average molecular weight is 370 g/mol. The van der Waals surface area contributed by atoms with Crippen LogP contribution in [0.15, 0.2) is 67.3 Å². The zero-order valence-electron chi connectivity index (χ0n) is 15.3. The van der Waals surface area contributed by atoms with Gasteiger partial charge in [-0.2, -0.15) is 0 Å². The van der Waals surface area contributed by atoms with E-state index in [9.17, 15) is 4.79 Å². The first-order valence-corrected chi connectivity index (χ1v) is 8.74. The lowest BCUT2D eigenvalue weighted by Gasteiger charge is -2.18. The summed E-state index contributed by atoms with van der Waals surface area (Å²) in [5, 5.41) is 0.684. The van der Waals surface area contributed by atoms with Gasteiger partial charge < -0.3 is 10.6 Å². The lowest BCUT2D eigenvalue weighted by atomic mass is 10.1. The van der Waals surface area contributed by atoms with Gasteiger partial charge in [-0.05, 0) is 23.3 Å². The smallest absolute Gasteiger partial charge is 0.273 e. The Kier molecular flexibility index (Phi) is 4.63. The zero-order valence-corrected chi connectivity index (χ0v) is 15.3. The minimum absolute atomic E-state index is 0.0847. The molecule has 0 fully saturated rings. The van der Waals surface area contributed by atoms with Crippen molar-refractivity contribution in [2.75, 3.05) is 12.8 Å². The van der Waals surface area contributed by atoms with Gasteiger partial charge in [0.25, 0.3) is 5.91 Å². The van der Waals surface area contributed by atoms with Crippen LogP contribution >= 0.6 is 0 Å². The highest BCUT2D eigenvalue weighted by Gasteiger charge is 2.18. The third kappa shape index (κ3) is 3.50. The first kappa shape index (κ1) is 17.5. The molecule has 0 aliphatic rings. The SMILES string of the molecule is CN(Cc1cccc(-c2cncnc2)c1)C(=O)c1nc(N)nc2ccccc12. The second-order valence-electron chi connectivity index (χ2n) is 6.44. The number of amides is 1. The van der Waals surface area contributed by atoms with Crippen molar-refractivity contribution in [3.05, 3.63) is 78.5 Å². The van der Waals surface area contributed by atoms with Gasteiger partial charge in [0.2, 0.25) is 5.95 Å². The van der Waals surface area contributed by atoms with Gasteiger partial charge in [-0.1, -0.05) is 36.4 Å². The van der Waals surface area contributed by atoms with Crippen molar-refractivity contribution in [1.29, 1.82) is 0 Å². The van der Waals surface area contributed by atoms with Crippen molar-refractivity contribution in [3.63, 3.8) is 0 Å². The first-order chi connectivity index (χ1) is 13.6. The van der Waals surface area contributed by atoms with E-state index in [1.165, 1.54) is 6.33 Å². The van der Waals surface area contributed by atoms with Crippen LogP contribution in [0.4, 0.5) is 5.95 Å². The summed E-state index contributed by atoms with van der Waals surface area (Å²) < 4.78 is 0. The number of hydrogen-bond acceptors (Lipinski definition) is 6. The van der Waals surface area contributed by atoms with E-state index in [2.05, 4.69) is 19.9 Å². The number of nitrogens with two attached hydrogens (primary N) is 1. The van der Waals surface area contributed by atoms with Crippen LogP contribution in [0, 0.1) is 0 Å². The van der Waals surface area contributed by atoms with Crippen molar-refractivity contribution < 1.29 is 4.79 Å². The molecule has 4 aromatic rings. The number of fused-ring (bicyclic) bond motifs is 1. The molecule has 138 valence electrons. The fourth-order valence-corrected chi connectivity index (χ4v) is 3.08. The molecule has 0 bridgehead atoms. The summed E-state index contributed by atoms with van der Waals surface area (Å²) in [6, 6.07) is 15.3. The molecule has 7 heteroatoms. The van der Waals surface area contributed by atoms with Gasteiger partial charge in [0, 0.05) is 36.9 Å². The van der Waals surface area contributed by atoms with Crippen molar-refractivity contribution >= 4 is 22.8 Å². The lowest BCUT2D eigenvalue weighted by Crippen LogP contribution is -2.27. The van der Waals surface area contributed by atoms with Crippen LogP contribution in [0.1, 0.15) is 16.1 Å². The topological polar surface area (TPSA) is 97.9 Å². The van der Waals surface area contributed by atoms with Gasteiger partial charge >= 0.3 is 0 Å². The second-order valence-corrected chi connectivity index (χ2v) is 6.44. The summed E-state index contributed by atoms with van der Waals surface area (Å²) in [5.74, 6) is -0.125. The summed E-state index contributed by atoms with van der Waals surface area (Å²) in [6.45, 7) is 0.429. The Morgan fingerprint density at radius 1 is 1.00 bits per heavy atom. The van der Waals surface area contributed by atoms with Crippen molar-refractivity contribution in [2.24, 2.45) is 0 Å². The number of nitrogen functional groups attached to an aromatic ring is 1. The van der Waals surface area contributed by atoms with E-state index in [1.54, 1.807) is 24.3 Å². The van der Waals surface area contributed by atoms with Crippen molar-refractivity contribution in [1.82, 2.24) is 24.8 Å². The maximum Gasteiger partial charge on any atom is 0.273 e. The molecule has 0 saturated heterocycles. The third-order valence-corrected chi connectivity index (χ3v) is 4.41. The number of rotatable bonds is 4. The Labute approximate surface area is 161 Å². The lowest BCUT2D eigenvalue weighted by molar-refractivity contribution is 0.0781. The van der Waals surface area contributed by atoms with Gasteiger partial charge in [0.05, 0.1) is 5.52 Å². The molecule has 0 radical (unpaired) electrons. The molecule has 0 atom stereocenters. The van der Waals surface area contributed by atoms with Crippen LogP contribution in [0.5, 0.6) is 0 Å². The summed E-state index contributed by atoms with van der Waals surface area (Å²) in [7, 11) is 1.74. The van der Waals surface area contributed by atoms with Crippen LogP contribution in [-0.4, -0.2) is 37.8 Å². The normalized spacial score (nSPS) is 10.8. The highest BCUT2D eigenvalue weighted by Crippen LogP contribution is 2.21. The highest BCUT2D eigenvalue weighted by atomic mass is 16.2. The van der Waals surface area contributed by atoms with Crippen molar-refractivity contribution in [3.8, 4) is 11.1 Å². The maximum atomic E-state index is 13.0. The van der Waals surface area contributed by atoms with Gasteiger partial charge in [0.1, 0.15) is 12.0 Å². The van der Waals surface area contributed by atoms with E-state index < -0.39 is 0 Å². The molecule has 0 aliphatic carbocycles. The number of para-hydroxylation sites is 1. The summed E-state index contributed by atoms with van der Waals surface area (Å²) in [4.78, 5) is 31.1. The largest absolute Gasteiger partial charge is 0.368 e. The molecule has 1 amide bonds. The molecular weight excluding hydrogens is 352 g/mol. The van der Waals surface area contributed by atoms with E-state index in [0.717, 1.165) is 16.7 Å². The Bertz CT molecular complexity index is 1150. The Balaban J connectivity index is 1.61. The molecule has 0 unspecified atom stereocenters. The molecule has 2 aromatic heterocycles. The molecule has 0 spiro atoms. The van der Waals surface area contributed by atoms with Gasteiger partial charge in [-0.3, -0.25) is 4.79 Å². The molecule has 0 saturated carbocycles. The Morgan fingerprint density at radius 2 is 1.79 bits per heavy atom. The highest BCUT2D eigenvalue weighted by molar-refractivity contribution is 6.04. The molecule has 0 aliphatic heterocycles. The molecule has 7 nitrogen and oxygen atoms in total. The number of aromatic nitrogens is 4. The number of benzene rings is 2. The summed E-state index contributed by atoms with van der Waals surface area (Å²) >= 11 is 0. The summed E-state index contributed by atoms with van der Waals surface area (Å²) in [5.41, 5.74) is 9.66. The minimum atomic E-state index is -0.209. The van der Waals surface area contributed by atoms with Crippen LogP contribution in [0.3, 0.4) is 0 Å². The zero-order chi connectivity index (χ0) is 19.5. The standard InChI is InChI=1S/C21H18N6O/c1-27(12-14-5-4-6-15(9-14)16-10-23-13-24-11-16)20(28)19-17-7-2-3-8-18(17)25-21(22)26-19/h2-11,13H,12H2,1H3,(H2,22,25,26). The van der Waals surface area contributed by atoms with E-state index in [4.69, 9.17) is 5.73 Å². The molecule has 4 rings (SSSR count). The molecule has 2 aromatic carbocycles. The average Bonchev–Trinajstić information content (AvgIpc) is 2.73. The number of carbonyl (C=O) groups is 1. The van der Waals surface area contributed by atoms with E-state index in [-0.39, 0.29) is 11.9 Å². The maximum absolute atomic E-state index is 13.0. The Hall–Kier alpha value is -3.87. The number of hydrogen-bond donors (Lipinski definition) is 1. The minimum Gasteiger partial charge on any atom is -0.368 e. The van der Waals surface area contributed by atoms with E-state index in [1.807, 2.05) is 48.5 Å². The van der Waals surface area contributed by atoms with Crippen LogP contribution < -0.4 is 5.73 Å². The van der Waals surface area contributed by atoms with Gasteiger partial charge in [-0.15, -0.1) is 0 Å². The summed E-state index contributed by atoms with van der Waals surface area (Å²) in [6.07, 6.45) is 5.02. The fraction of sp³-hybridized carbons (Fsp3) is 0.0952. The second kappa shape index (κ2) is 7.40. The van der Waals surface area contributed by atoms with Crippen molar-refractivity contribution in [2.45, 2.75) is 6.54 Å². The fourth-order valence-electron chi connectivity index (χ4n) is 3.08. The first-order valence-electron chi connectivity index (χ1n) is 8.74. The monoisotopic (exact) mass is 370 g/mol. The van der Waals surface area contributed by atoms with Crippen LogP contribution in [-0.2, 0) is 6.54 Å². The predicted octanol–water partition coefficient (Wildman–Crippen LogP) is 2.94. The van der Waals surface area contributed by atoms with E-state index in [0.29, 0.717) is 23.1 Å². The van der Waals surface area contributed by atoms with Gasteiger partial charge in [0.15, 0.2) is 0 Å². The number of carbonyl (C=O) groups excluding carboxylic acids is 1. The molecule has 2 N–H and O–H groups in total. The molecular formula is C21H18N6O. The third-order valence-electron chi connectivity index (χ3n) is 4.41. The van der Waals surface area contributed by atoms with Gasteiger partial charge in [-0.25, -0.2) is 19.9 Å². The molecule has 2 heterocycles. The van der Waals surface area contributed by atoms with Crippen LogP contribution in [0.2, 0.25) is 0 Å². The predicted molar refractivity (Wildman–Crippen MR) is 107 cm³/mol. The number of nitrogens with zero attached hydrogens (tertiary/aromatic N) is 5. The Morgan fingerprint density at radius 3 is 2.61 bits per heavy atom. The number of anilines is 1. The molecule has 28 heavy (non-hydrogen) atoms. The van der Waals surface area contributed by atoms with Crippen LogP contribution in [0.25, 0.3) is 22.0 Å². The van der Waals surface area contributed by atoms with E-state index >= 15 is 0 Å².